The van der Waals surface area contributed by atoms with Gasteiger partial charge in [-0.05, 0) is 48.5 Å². The molecule has 0 aliphatic heterocycles. The molecule has 28 heavy (non-hydrogen) atoms. The molecule has 0 aliphatic carbocycles. The summed E-state index contributed by atoms with van der Waals surface area (Å²) in [5.74, 6) is 1.23. The minimum absolute atomic E-state index is 0.577. The number of rotatable bonds is 4. The lowest BCUT2D eigenvalue weighted by Gasteiger charge is -2.12. The van der Waals surface area contributed by atoms with E-state index in [-0.39, 0.29) is 0 Å². The number of nitrogens with zero attached hydrogens (tertiary/aromatic N) is 2. The van der Waals surface area contributed by atoms with Crippen molar-refractivity contribution in [1.82, 2.24) is 9.97 Å². The highest BCUT2D eigenvalue weighted by atomic mass is 35.5. The Bertz CT molecular complexity index is 1250. The predicted octanol–water partition coefficient (Wildman–Crippen LogP) is 6.14. The Kier molecular flexibility index (Phi) is 4.07. The van der Waals surface area contributed by atoms with Crippen LogP contribution in [-0.4, -0.2) is 9.97 Å². The first kappa shape index (κ1) is 16.6. The second-order valence-corrected chi connectivity index (χ2v) is 6.75. The number of fused-ring (bicyclic) bond motifs is 2. The van der Waals surface area contributed by atoms with Gasteiger partial charge in [0.1, 0.15) is 5.58 Å². The van der Waals surface area contributed by atoms with Crippen LogP contribution in [0.25, 0.3) is 33.5 Å². The lowest BCUT2D eigenvalue weighted by Crippen LogP contribution is -2.12. The predicted molar refractivity (Wildman–Crippen MR) is 113 cm³/mol. The maximum absolute atomic E-state index is 6.02. The third-order valence-electron chi connectivity index (χ3n) is 4.40. The molecule has 0 radical (unpaired) electrons. The SMILES string of the molecule is Clc1ccc(NNc2nc3ccccc3nc2-c2cc3ccccc3o2)cc1. The van der Waals surface area contributed by atoms with Crippen molar-refractivity contribution in [3.8, 4) is 11.5 Å². The van der Waals surface area contributed by atoms with Crippen molar-refractivity contribution in [2.45, 2.75) is 0 Å². The molecule has 5 nitrogen and oxygen atoms in total. The molecule has 0 unspecified atom stereocenters. The van der Waals surface area contributed by atoms with E-state index in [0.717, 1.165) is 27.7 Å². The lowest BCUT2D eigenvalue weighted by atomic mass is 10.2. The molecule has 3 aromatic carbocycles. The highest BCUT2D eigenvalue weighted by Gasteiger charge is 2.15. The second-order valence-electron chi connectivity index (χ2n) is 6.31. The number of furan rings is 1. The fourth-order valence-corrected chi connectivity index (χ4v) is 3.15. The van der Waals surface area contributed by atoms with Crippen molar-refractivity contribution >= 4 is 45.1 Å². The van der Waals surface area contributed by atoms with E-state index in [0.29, 0.717) is 22.3 Å². The van der Waals surface area contributed by atoms with Crippen LogP contribution in [-0.2, 0) is 0 Å². The van der Waals surface area contributed by atoms with E-state index in [4.69, 9.17) is 26.0 Å². The molecule has 0 amide bonds. The van der Waals surface area contributed by atoms with Crippen LogP contribution in [0.1, 0.15) is 0 Å². The maximum Gasteiger partial charge on any atom is 0.175 e. The molecule has 2 N–H and O–H groups in total. The van der Waals surface area contributed by atoms with Gasteiger partial charge in [0, 0.05) is 10.4 Å². The van der Waals surface area contributed by atoms with Gasteiger partial charge in [0.15, 0.2) is 17.3 Å². The molecule has 0 bridgehead atoms. The molecule has 0 saturated carbocycles. The Balaban J connectivity index is 1.59. The number of benzene rings is 3. The molecule has 5 aromatic rings. The van der Waals surface area contributed by atoms with Crippen LogP contribution in [0.2, 0.25) is 5.02 Å². The van der Waals surface area contributed by atoms with E-state index in [1.165, 1.54) is 0 Å². The summed E-state index contributed by atoms with van der Waals surface area (Å²) >= 11 is 5.96. The minimum atomic E-state index is 0.577. The van der Waals surface area contributed by atoms with Gasteiger partial charge in [0.05, 0.1) is 16.7 Å². The van der Waals surface area contributed by atoms with Crippen molar-refractivity contribution < 1.29 is 4.42 Å². The van der Waals surface area contributed by atoms with E-state index < -0.39 is 0 Å². The largest absolute Gasteiger partial charge is 0.454 e. The Labute approximate surface area is 166 Å². The van der Waals surface area contributed by atoms with Gasteiger partial charge in [-0.15, -0.1) is 0 Å². The Morgan fingerprint density at radius 3 is 2.25 bits per heavy atom. The van der Waals surface area contributed by atoms with Gasteiger partial charge < -0.3 is 4.42 Å². The van der Waals surface area contributed by atoms with Crippen LogP contribution in [0.4, 0.5) is 11.5 Å². The number of aromatic nitrogens is 2. The summed E-state index contributed by atoms with van der Waals surface area (Å²) in [6, 6.07) is 25.0. The summed E-state index contributed by atoms with van der Waals surface area (Å²) in [5, 5.41) is 1.70. The molecule has 6 heteroatoms. The van der Waals surface area contributed by atoms with Gasteiger partial charge in [0.25, 0.3) is 0 Å². The van der Waals surface area contributed by atoms with Crippen LogP contribution in [0.3, 0.4) is 0 Å². The minimum Gasteiger partial charge on any atom is -0.454 e. The van der Waals surface area contributed by atoms with Crippen LogP contribution in [0.15, 0.2) is 83.3 Å². The van der Waals surface area contributed by atoms with Gasteiger partial charge in [0.2, 0.25) is 0 Å². The normalized spacial score (nSPS) is 11.0. The van der Waals surface area contributed by atoms with Crippen molar-refractivity contribution in [3.63, 3.8) is 0 Å². The van der Waals surface area contributed by atoms with E-state index in [1.807, 2.05) is 78.9 Å². The van der Waals surface area contributed by atoms with E-state index in [1.54, 1.807) is 0 Å². The first-order valence-corrected chi connectivity index (χ1v) is 9.17. The smallest absolute Gasteiger partial charge is 0.175 e. The zero-order chi connectivity index (χ0) is 18.9. The fourth-order valence-electron chi connectivity index (χ4n) is 3.02. The highest BCUT2D eigenvalue weighted by molar-refractivity contribution is 6.30. The molecular formula is C22H15ClN4O. The molecule has 0 aliphatic rings. The van der Waals surface area contributed by atoms with Gasteiger partial charge in [-0.2, -0.15) is 0 Å². The van der Waals surface area contributed by atoms with Crippen LogP contribution < -0.4 is 10.9 Å². The Morgan fingerprint density at radius 2 is 1.46 bits per heavy atom. The van der Waals surface area contributed by atoms with Gasteiger partial charge in [-0.1, -0.05) is 41.9 Å². The first-order chi connectivity index (χ1) is 13.8. The Morgan fingerprint density at radius 1 is 0.750 bits per heavy atom. The topological polar surface area (TPSA) is 63.0 Å². The van der Waals surface area contributed by atoms with E-state index >= 15 is 0 Å². The summed E-state index contributed by atoms with van der Waals surface area (Å²) in [5.41, 5.74) is 10.2. The number of hydrogen-bond acceptors (Lipinski definition) is 5. The lowest BCUT2D eigenvalue weighted by molar-refractivity contribution is 0.629. The maximum atomic E-state index is 6.02. The van der Waals surface area contributed by atoms with Crippen molar-refractivity contribution in [1.29, 1.82) is 0 Å². The number of nitrogens with one attached hydrogen (secondary N) is 2. The van der Waals surface area contributed by atoms with Crippen LogP contribution in [0.5, 0.6) is 0 Å². The van der Waals surface area contributed by atoms with Crippen LogP contribution in [0, 0.1) is 0 Å². The van der Waals surface area contributed by atoms with Crippen molar-refractivity contribution in [2.24, 2.45) is 0 Å². The molecular weight excluding hydrogens is 372 g/mol. The number of halogens is 1. The fraction of sp³-hybridized carbons (Fsp3) is 0. The molecule has 0 saturated heterocycles. The van der Waals surface area contributed by atoms with E-state index in [2.05, 4.69) is 10.9 Å². The summed E-state index contributed by atoms with van der Waals surface area (Å²) in [6.07, 6.45) is 0. The summed E-state index contributed by atoms with van der Waals surface area (Å²) in [6.45, 7) is 0. The van der Waals surface area contributed by atoms with Gasteiger partial charge in [-0.3, -0.25) is 10.9 Å². The third-order valence-corrected chi connectivity index (χ3v) is 4.65. The summed E-state index contributed by atoms with van der Waals surface area (Å²) in [7, 11) is 0. The molecule has 136 valence electrons. The van der Waals surface area contributed by atoms with Crippen molar-refractivity contribution in [2.75, 3.05) is 10.9 Å². The molecule has 2 heterocycles. The third kappa shape index (κ3) is 3.12. The molecule has 2 aromatic heterocycles. The molecule has 0 atom stereocenters. The van der Waals surface area contributed by atoms with Gasteiger partial charge >= 0.3 is 0 Å². The molecule has 0 fully saturated rings. The number of para-hydroxylation sites is 3. The first-order valence-electron chi connectivity index (χ1n) is 8.80. The van der Waals surface area contributed by atoms with Gasteiger partial charge in [-0.25, -0.2) is 9.97 Å². The number of hydrogen-bond donors (Lipinski definition) is 2. The number of anilines is 2. The standard InChI is InChI=1S/C22H15ClN4O/c23-15-9-11-16(12-10-15)26-27-22-21(24-17-6-2-3-7-18(17)25-22)20-13-14-5-1-4-8-19(14)28-20/h1-13,26H,(H,25,27). The summed E-state index contributed by atoms with van der Waals surface area (Å²) < 4.78 is 6.02. The monoisotopic (exact) mass is 386 g/mol. The number of hydrazine groups is 1. The van der Waals surface area contributed by atoms with Crippen molar-refractivity contribution in [3.05, 3.63) is 83.9 Å². The average molecular weight is 387 g/mol. The quantitative estimate of drug-likeness (QED) is 0.363. The zero-order valence-electron chi connectivity index (χ0n) is 14.7. The average Bonchev–Trinajstić information content (AvgIpc) is 3.17. The highest BCUT2D eigenvalue weighted by Crippen LogP contribution is 2.32. The van der Waals surface area contributed by atoms with Crippen LogP contribution >= 0.6 is 11.6 Å². The van der Waals surface area contributed by atoms with E-state index in [9.17, 15) is 0 Å². The molecule has 5 rings (SSSR count). The Hall–Kier alpha value is -3.57. The zero-order valence-corrected chi connectivity index (χ0v) is 15.4. The second kappa shape index (κ2) is 6.87. The summed E-state index contributed by atoms with van der Waals surface area (Å²) in [4.78, 5) is 9.52. The molecule has 0 spiro atoms.